The number of aryl methyl sites for hydroxylation is 1. The number of aliphatic imine (C=N–C) groups is 1. The topological polar surface area (TPSA) is 36.1 Å². The van der Waals surface area contributed by atoms with Gasteiger partial charge in [0.15, 0.2) is 0 Å². The molecule has 1 aromatic carbocycles. The van der Waals surface area contributed by atoms with Crippen molar-refractivity contribution in [3.05, 3.63) is 29.3 Å². The summed E-state index contributed by atoms with van der Waals surface area (Å²) in [5.41, 5.74) is 2.75. The van der Waals surface area contributed by atoms with Crippen molar-refractivity contribution in [2.45, 2.75) is 20.3 Å². The number of hydrogen-bond donors (Lipinski definition) is 0. The second-order valence-electron chi connectivity index (χ2n) is 2.70. The van der Waals surface area contributed by atoms with Gasteiger partial charge in [0.2, 0.25) is 0 Å². The van der Waals surface area contributed by atoms with Crippen LogP contribution in [-0.4, -0.2) is 6.21 Å². The fraction of sp³-hybridized carbons (Fsp3) is 0.273. The molecule has 0 N–H and O–H groups in total. The molecule has 0 saturated heterocycles. The Morgan fingerprint density at radius 2 is 2.31 bits per heavy atom. The lowest BCUT2D eigenvalue weighted by molar-refractivity contribution is 1.13. The predicted molar refractivity (Wildman–Crippen MR) is 54.4 cm³/mol. The minimum absolute atomic E-state index is 0.665. The summed E-state index contributed by atoms with van der Waals surface area (Å²) in [6.07, 6.45) is 2.69. The van der Waals surface area contributed by atoms with Crippen LogP contribution in [0.25, 0.3) is 0 Å². The standard InChI is InChI=1S/C11H12N2/c1-3-10-6-5-9(8-12)7-11(10)13-4-2/h4-7H,3H2,1-2H3. The van der Waals surface area contributed by atoms with Gasteiger partial charge in [0.05, 0.1) is 17.3 Å². The van der Waals surface area contributed by atoms with Gasteiger partial charge in [-0.1, -0.05) is 13.0 Å². The van der Waals surface area contributed by atoms with E-state index in [9.17, 15) is 0 Å². The molecular formula is C11H12N2. The fourth-order valence-corrected chi connectivity index (χ4v) is 1.19. The minimum atomic E-state index is 0.665. The third-order valence-corrected chi connectivity index (χ3v) is 1.86. The Bertz CT molecular complexity index is 359. The van der Waals surface area contributed by atoms with Crippen molar-refractivity contribution in [2.24, 2.45) is 4.99 Å². The van der Waals surface area contributed by atoms with Gasteiger partial charge in [0.1, 0.15) is 0 Å². The van der Waals surface area contributed by atoms with Gasteiger partial charge in [-0.25, -0.2) is 0 Å². The molecule has 1 rings (SSSR count). The number of benzene rings is 1. The largest absolute Gasteiger partial charge is 0.261 e. The average molecular weight is 172 g/mol. The Hall–Kier alpha value is -1.62. The second-order valence-corrected chi connectivity index (χ2v) is 2.70. The number of rotatable bonds is 2. The molecule has 0 spiro atoms. The van der Waals surface area contributed by atoms with Gasteiger partial charge in [-0.05, 0) is 31.0 Å². The molecule has 0 unspecified atom stereocenters. The zero-order valence-corrected chi connectivity index (χ0v) is 7.91. The summed E-state index contributed by atoms with van der Waals surface area (Å²) >= 11 is 0. The van der Waals surface area contributed by atoms with Crippen LogP contribution in [-0.2, 0) is 6.42 Å². The molecule has 2 nitrogen and oxygen atoms in total. The molecule has 0 amide bonds. The summed E-state index contributed by atoms with van der Waals surface area (Å²) in [7, 11) is 0. The zero-order chi connectivity index (χ0) is 9.68. The van der Waals surface area contributed by atoms with Crippen molar-refractivity contribution in [2.75, 3.05) is 0 Å². The highest BCUT2D eigenvalue weighted by atomic mass is 14.7. The van der Waals surface area contributed by atoms with Crippen molar-refractivity contribution >= 4 is 11.9 Å². The molecule has 0 aliphatic heterocycles. The predicted octanol–water partition coefficient (Wildman–Crippen LogP) is 2.84. The quantitative estimate of drug-likeness (QED) is 0.632. The van der Waals surface area contributed by atoms with Crippen LogP contribution in [0.3, 0.4) is 0 Å². The molecule has 66 valence electrons. The van der Waals surface area contributed by atoms with E-state index in [0.29, 0.717) is 5.56 Å². The Balaban J connectivity index is 3.19. The van der Waals surface area contributed by atoms with Crippen LogP contribution in [0.4, 0.5) is 5.69 Å². The molecule has 0 atom stereocenters. The highest BCUT2D eigenvalue weighted by Gasteiger charge is 1.99. The van der Waals surface area contributed by atoms with Crippen LogP contribution in [0, 0.1) is 11.3 Å². The third-order valence-electron chi connectivity index (χ3n) is 1.86. The first kappa shape index (κ1) is 9.47. The Kier molecular flexibility index (Phi) is 3.22. The number of nitrogens with zero attached hydrogens (tertiary/aromatic N) is 2. The summed E-state index contributed by atoms with van der Waals surface area (Å²) in [6.45, 7) is 3.95. The van der Waals surface area contributed by atoms with Gasteiger partial charge in [-0.15, -0.1) is 0 Å². The third kappa shape index (κ3) is 2.16. The molecule has 0 fully saturated rings. The molecule has 1 aromatic rings. The highest BCUT2D eigenvalue weighted by molar-refractivity contribution is 5.63. The fourth-order valence-electron chi connectivity index (χ4n) is 1.19. The van der Waals surface area contributed by atoms with Gasteiger partial charge >= 0.3 is 0 Å². The summed E-state index contributed by atoms with van der Waals surface area (Å²) in [4.78, 5) is 4.21. The molecule has 13 heavy (non-hydrogen) atoms. The molecule has 0 heterocycles. The van der Waals surface area contributed by atoms with E-state index in [1.165, 1.54) is 5.56 Å². The first-order valence-corrected chi connectivity index (χ1v) is 4.33. The van der Waals surface area contributed by atoms with Crippen LogP contribution >= 0.6 is 0 Å². The maximum Gasteiger partial charge on any atom is 0.0992 e. The van der Waals surface area contributed by atoms with Gasteiger partial charge in [-0.3, -0.25) is 4.99 Å². The van der Waals surface area contributed by atoms with E-state index >= 15 is 0 Å². The van der Waals surface area contributed by atoms with Gasteiger partial charge in [0.25, 0.3) is 0 Å². The summed E-state index contributed by atoms with van der Waals surface area (Å²) in [5.74, 6) is 0. The number of nitriles is 1. The SMILES string of the molecule is CC=Nc1cc(C#N)ccc1CC. The molecule has 0 saturated carbocycles. The molecule has 0 aliphatic rings. The van der Waals surface area contributed by atoms with Crippen molar-refractivity contribution in [3.8, 4) is 6.07 Å². The molecule has 2 heteroatoms. The second kappa shape index (κ2) is 4.42. The lowest BCUT2D eigenvalue weighted by atomic mass is 10.1. The molecule has 0 aromatic heterocycles. The maximum absolute atomic E-state index is 8.69. The van der Waals surface area contributed by atoms with Gasteiger partial charge in [-0.2, -0.15) is 5.26 Å². The zero-order valence-electron chi connectivity index (χ0n) is 7.91. The first-order chi connectivity index (χ1) is 6.31. The van der Waals surface area contributed by atoms with Crippen molar-refractivity contribution < 1.29 is 0 Å². The monoisotopic (exact) mass is 172 g/mol. The van der Waals surface area contributed by atoms with E-state index in [4.69, 9.17) is 5.26 Å². The molecule has 0 radical (unpaired) electrons. The Morgan fingerprint density at radius 1 is 1.54 bits per heavy atom. The Morgan fingerprint density at radius 3 is 2.85 bits per heavy atom. The average Bonchev–Trinajstić information content (AvgIpc) is 2.18. The Labute approximate surface area is 78.5 Å². The van der Waals surface area contributed by atoms with E-state index in [-0.39, 0.29) is 0 Å². The van der Waals surface area contributed by atoms with Gasteiger partial charge < -0.3 is 0 Å². The molecular weight excluding hydrogens is 160 g/mol. The van der Waals surface area contributed by atoms with Crippen LogP contribution in [0.15, 0.2) is 23.2 Å². The van der Waals surface area contributed by atoms with Crippen LogP contribution < -0.4 is 0 Å². The van der Waals surface area contributed by atoms with E-state index in [1.807, 2.05) is 25.1 Å². The maximum atomic E-state index is 8.69. The first-order valence-electron chi connectivity index (χ1n) is 4.33. The lowest BCUT2D eigenvalue weighted by Crippen LogP contribution is -1.83. The normalized spacial score (nSPS) is 10.2. The van der Waals surface area contributed by atoms with Crippen molar-refractivity contribution in [1.82, 2.24) is 0 Å². The van der Waals surface area contributed by atoms with E-state index < -0.39 is 0 Å². The van der Waals surface area contributed by atoms with Crippen LogP contribution in [0.1, 0.15) is 25.0 Å². The molecule has 0 aliphatic carbocycles. The highest BCUT2D eigenvalue weighted by Crippen LogP contribution is 2.20. The van der Waals surface area contributed by atoms with Crippen molar-refractivity contribution in [3.63, 3.8) is 0 Å². The van der Waals surface area contributed by atoms with E-state index in [0.717, 1.165) is 12.1 Å². The lowest BCUT2D eigenvalue weighted by Gasteiger charge is -2.01. The smallest absolute Gasteiger partial charge is 0.0992 e. The van der Waals surface area contributed by atoms with Crippen molar-refractivity contribution in [1.29, 1.82) is 5.26 Å². The van der Waals surface area contributed by atoms with Gasteiger partial charge in [0, 0.05) is 6.21 Å². The summed E-state index contributed by atoms with van der Waals surface area (Å²) in [6, 6.07) is 7.71. The summed E-state index contributed by atoms with van der Waals surface area (Å²) in [5, 5.41) is 8.69. The van der Waals surface area contributed by atoms with Crippen LogP contribution in [0.2, 0.25) is 0 Å². The van der Waals surface area contributed by atoms with E-state index in [1.54, 1.807) is 6.21 Å². The van der Waals surface area contributed by atoms with E-state index in [2.05, 4.69) is 18.0 Å². The molecule has 0 bridgehead atoms. The summed E-state index contributed by atoms with van der Waals surface area (Å²) < 4.78 is 0. The number of hydrogen-bond acceptors (Lipinski definition) is 2. The minimum Gasteiger partial charge on any atom is -0.261 e. The van der Waals surface area contributed by atoms with Crippen LogP contribution in [0.5, 0.6) is 0 Å².